The zero-order chi connectivity index (χ0) is 25.5. The molecule has 2 saturated carbocycles. The third kappa shape index (κ3) is 4.11. The van der Waals surface area contributed by atoms with Crippen molar-refractivity contribution >= 4 is 26.6 Å². The lowest BCUT2D eigenvalue weighted by molar-refractivity contribution is 0.0949. The number of aryl methyl sites for hydroxylation is 1. The molecule has 0 aliphatic heterocycles. The number of pyridine rings is 1. The van der Waals surface area contributed by atoms with Crippen molar-refractivity contribution in [3.8, 4) is 11.9 Å². The second kappa shape index (κ2) is 9.02. The van der Waals surface area contributed by atoms with Crippen molar-refractivity contribution in [3.63, 3.8) is 0 Å². The number of nitrogens with zero attached hydrogens (tertiary/aromatic N) is 4. The number of nitrogens with one attached hydrogen (secondary N) is 1. The summed E-state index contributed by atoms with van der Waals surface area (Å²) in [6.07, 6.45) is 4.85. The number of aromatic nitrogens is 3. The Hall–Kier alpha value is -3.78. The smallest absolute Gasteiger partial charge is 0.263 e. The summed E-state index contributed by atoms with van der Waals surface area (Å²) in [7, 11) is -1.79. The number of ether oxygens (including phenoxy) is 1. The Bertz CT molecular complexity index is 1550. The number of carbonyl (C=O) groups excluding carboxylic acids is 1. The van der Waals surface area contributed by atoms with Gasteiger partial charge in [-0.15, -0.1) is 5.10 Å². The molecule has 1 aromatic carbocycles. The number of hydrogen-bond acceptors (Lipinski definition) is 8. The molecule has 1 N–H and O–H groups in total. The van der Waals surface area contributed by atoms with E-state index in [-0.39, 0.29) is 29.8 Å². The van der Waals surface area contributed by atoms with E-state index in [1.165, 1.54) is 23.9 Å². The minimum Gasteiger partial charge on any atom is -0.473 e. The van der Waals surface area contributed by atoms with E-state index in [1.54, 1.807) is 24.3 Å². The predicted molar refractivity (Wildman–Crippen MR) is 131 cm³/mol. The van der Waals surface area contributed by atoms with Crippen molar-refractivity contribution in [2.45, 2.75) is 48.6 Å². The van der Waals surface area contributed by atoms with Crippen LogP contribution < -0.4 is 15.6 Å². The van der Waals surface area contributed by atoms with Gasteiger partial charge in [0.2, 0.25) is 0 Å². The molecular weight excluding hydrogens is 482 g/mol. The summed E-state index contributed by atoms with van der Waals surface area (Å²) < 4.78 is 32.2. The van der Waals surface area contributed by atoms with Crippen LogP contribution in [-0.2, 0) is 23.4 Å². The summed E-state index contributed by atoms with van der Waals surface area (Å²) in [6.45, 7) is 0.146. The highest BCUT2D eigenvalue weighted by Gasteiger charge is 2.58. The van der Waals surface area contributed by atoms with Crippen LogP contribution in [-0.4, -0.2) is 45.7 Å². The minimum absolute atomic E-state index is 0.0410. The maximum atomic E-state index is 13.0. The van der Waals surface area contributed by atoms with Gasteiger partial charge < -0.3 is 14.6 Å². The first kappa shape index (κ1) is 23.9. The molecule has 0 spiro atoms. The Morgan fingerprint density at radius 3 is 2.61 bits per heavy atom. The van der Waals surface area contributed by atoms with Gasteiger partial charge in [-0.25, -0.2) is 8.42 Å². The minimum atomic E-state index is -3.29. The zero-order valence-corrected chi connectivity index (χ0v) is 20.5. The summed E-state index contributed by atoms with van der Waals surface area (Å²) in [4.78, 5) is 25.9. The number of nitriles is 1. The van der Waals surface area contributed by atoms with Crippen LogP contribution >= 0.6 is 0 Å². The van der Waals surface area contributed by atoms with Gasteiger partial charge in [0.25, 0.3) is 17.3 Å². The summed E-state index contributed by atoms with van der Waals surface area (Å²) >= 11 is 0. The molecule has 1 amide bonds. The van der Waals surface area contributed by atoms with Gasteiger partial charge in [-0.1, -0.05) is 18.6 Å². The first-order valence-corrected chi connectivity index (χ1v) is 13.3. The molecule has 2 aromatic heterocycles. The Balaban J connectivity index is 1.36. The average Bonchev–Trinajstić information content (AvgIpc) is 3.64. The predicted octanol–water partition coefficient (Wildman–Crippen LogP) is 2.01. The van der Waals surface area contributed by atoms with Crippen LogP contribution in [0.3, 0.4) is 0 Å². The van der Waals surface area contributed by atoms with E-state index < -0.39 is 26.1 Å². The van der Waals surface area contributed by atoms with Gasteiger partial charge in [-0.05, 0) is 49.4 Å². The maximum absolute atomic E-state index is 13.0. The van der Waals surface area contributed by atoms with Gasteiger partial charge in [0, 0.05) is 19.0 Å². The third-order valence-electron chi connectivity index (χ3n) is 7.15. The van der Waals surface area contributed by atoms with Crippen LogP contribution in [0.4, 0.5) is 0 Å². The molecule has 2 aliphatic rings. The van der Waals surface area contributed by atoms with Crippen molar-refractivity contribution in [1.82, 2.24) is 20.1 Å². The van der Waals surface area contributed by atoms with Crippen molar-refractivity contribution in [1.29, 1.82) is 5.26 Å². The first-order chi connectivity index (χ1) is 17.3. The van der Waals surface area contributed by atoms with E-state index in [2.05, 4.69) is 15.5 Å². The third-order valence-corrected chi connectivity index (χ3v) is 10.2. The quantitative estimate of drug-likeness (QED) is 0.488. The van der Waals surface area contributed by atoms with Crippen molar-refractivity contribution in [2.24, 2.45) is 7.05 Å². The lowest BCUT2D eigenvalue weighted by Crippen LogP contribution is -2.41. The maximum Gasteiger partial charge on any atom is 0.263 e. The molecule has 186 valence electrons. The van der Waals surface area contributed by atoms with Gasteiger partial charge in [0.1, 0.15) is 22.4 Å². The number of sulfone groups is 1. The van der Waals surface area contributed by atoms with Crippen LogP contribution in [0, 0.1) is 11.3 Å². The van der Waals surface area contributed by atoms with E-state index in [0.29, 0.717) is 42.1 Å². The molecule has 2 aliphatic carbocycles. The van der Waals surface area contributed by atoms with Gasteiger partial charge in [0.15, 0.2) is 9.84 Å². The number of rotatable bonds is 8. The van der Waals surface area contributed by atoms with E-state index >= 15 is 0 Å². The van der Waals surface area contributed by atoms with Crippen molar-refractivity contribution in [3.05, 3.63) is 63.6 Å². The standard InChI is InChI=1S/C25H25N5O5S/c1-30-21-18(11-20(24(30)32)22(31)27-13-17-7-5-16(12-26)6-8-17)14-28-29-23(21)35-15-25(9-10-25)36(33,34)19-3-2-4-19/h5-8,11,14,19H,2-4,9-10,13,15H2,1H3,(H,27,31). The highest BCUT2D eigenvalue weighted by molar-refractivity contribution is 7.93. The summed E-state index contributed by atoms with van der Waals surface area (Å²) in [6, 6.07) is 10.2. The second-order valence-electron chi connectivity index (χ2n) is 9.44. The fourth-order valence-corrected chi connectivity index (χ4v) is 6.99. The van der Waals surface area contributed by atoms with Crippen LogP contribution in [0.5, 0.6) is 5.88 Å². The molecule has 0 unspecified atom stereocenters. The van der Waals surface area contributed by atoms with Crippen molar-refractivity contribution < 1.29 is 17.9 Å². The highest BCUT2D eigenvalue weighted by Crippen LogP contribution is 2.49. The SMILES string of the molecule is Cn1c(=O)c(C(=O)NCc2ccc(C#N)cc2)cc2cnnc(OCC3(S(=O)(=O)C4CCC4)CC3)c21. The van der Waals surface area contributed by atoms with Crippen molar-refractivity contribution in [2.75, 3.05) is 6.61 Å². The van der Waals surface area contributed by atoms with E-state index in [0.717, 1.165) is 12.0 Å². The van der Waals surface area contributed by atoms with E-state index in [9.17, 15) is 18.0 Å². The molecule has 36 heavy (non-hydrogen) atoms. The largest absolute Gasteiger partial charge is 0.473 e. The number of benzene rings is 1. The highest BCUT2D eigenvalue weighted by atomic mass is 32.2. The number of carbonyl (C=O) groups is 1. The van der Waals surface area contributed by atoms with Crippen LogP contribution in [0.2, 0.25) is 0 Å². The van der Waals surface area contributed by atoms with E-state index in [1.807, 2.05) is 6.07 Å². The van der Waals surface area contributed by atoms with Crippen LogP contribution in [0.15, 0.2) is 41.3 Å². The number of amides is 1. The Kier molecular flexibility index (Phi) is 6.00. The molecular formula is C25H25N5O5S. The summed E-state index contributed by atoms with van der Waals surface area (Å²) in [5.74, 6) is -0.489. The van der Waals surface area contributed by atoms with Gasteiger partial charge in [-0.2, -0.15) is 10.4 Å². The fourth-order valence-electron chi connectivity index (χ4n) is 4.44. The summed E-state index contributed by atoms with van der Waals surface area (Å²) in [5, 5.41) is 19.8. The van der Waals surface area contributed by atoms with E-state index in [4.69, 9.17) is 10.00 Å². The average molecular weight is 508 g/mol. The molecule has 0 atom stereocenters. The Labute approximate surface area is 207 Å². The molecule has 0 saturated heterocycles. The number of fused-ring (bicyclic) bond motifs is 1. The lowest BCUT2D eigenvalue weighted by atomic mass is 10.00. The zero-order valence-electron chi connectivity index (χ0n) is 19.7. The van der Waals surface area contributed by atoms with Crippen LogP contribution in [0.1, 0.15) is 53.6 Å². The molecule has 2 heterocycles. The summed E-state index contributed by atoms with van der Waals surface area (Å²) in [5.41, 5.74) is 1.04. The molecule has 0 radical (unpaired) electrons. The topological polar surface area (TPSA) is 144 Å². The second-order valence-corrected chi connectivity index (χ2v) is 12.1. The van der Waals surface area contributed by atoms with Crippen LogP contribution in [0.25, 0.3) is 10.9 Å². The molecule has 5 rings (SSSR count). The molecule has 2 fully saturated rings. The fraction of sp³-hybridized carbons (Fsp3) is 0.400. The Morgan fingerprint density at radius 1 is 1.28 bits per heavy atom. The molecule has 11 heteroatoms. The first-order valence-electron chi connectivity index (χ1n) is 11.7. The molecule has 10 nitrogen and oxygen atoms in total. The Morgan fingerprint density at radius 2 is 2.00 bits per heavy atom. The molecule has 0 bridgehead atoms. The van der Waals surface area contributed by atoms with Gasteiger partial charge in [0.05, 0.1) is 23.1 Å². The lowest BCUT2D eigenvalue weighted by Gasteiger charge is -2.29. The number of hydrogen-bond donors (Lipinski definition) is 1. The normalized spacial score (nSPS) is 16.7. The van der Waals surface area contributed by atoms with Gasteiger partial charge >= 0.3 is 0 Å². The molecule has 3 aromatic rings. The van der Waals surface area contributed by atoms with Gasteiger partial charge in [-0.3, -0.25) is 9.59 Å². The monoisotopic (exact) mass is 507 g/mol.